The number of cyclic esters (lactones) is 1. The van der Waals surface area contributed by atoms with Crippen LogP contribution in [0.2, 0.25) is 0 Å². The van der Waals surface area contributed by atoms with Gasteiger partial charge in [0.15, 0.2) is 0 Å². The highest BCUT2D eigenvalue weighted by Gasteiger charge is 2.44. The molecule has 2 rings (SSSR count). The normalized spacial score (nSPS) is 44.5. The Balaban J connectivity index is 1.99. The molecule has 5 nitrogen and oxygen atoms in total. The van der Waals surface area contributed by atoms with Crippen LogP contribution in [0.15, 0.2) is 0 Å². The molecule has 0 bridgehead atoms. The minimum Gasteiger partial charge on any atom is -0.462 e. The van der Waals surface area contributed by atoms with Crippen LogP contribution in [0, 0.1) is 11.8 Å². The van der Waals surface area contributed by atoms with E-state index < -0.39 is 12.2 Å². The maximum absolute atomic E-state index is 11.7. The van der Waals surface area contributed by atoms with Gasteiger partial charge >= 0.3 is 5.97 Å². The van der Waals surface area contributed by atoms with E-state index in [2.05, 4.69) is 0 Å². The van der Waals surface area contributed by atoms with Crippen molar-refractivity contribution in [2.45, 2.75) is 63.4 Å². The molecule has 0 aromatic carbocycles. The molecule has 6 atom stereocenters. The first-order chi connectivity index (χ1) is 8.99. The van der Waals surface area contributed by atoms with Crippen LogP contribution >= 0.6 is 0 Å². The number of ether oxygens (including phenoxy) is 2. The smallest absolute Gasteiger partial charge is 0.308 e. The monoisotopic (exact) mass is 272 g/mol. The zero-order chi connectivity index (χ0) is 14.0. The maximum atomic E-state index is 11.7. The van der Waals surface area contributed by atoms with E-state index in [4.69, 9.17) is 9.47 Å². The quantitative estimate of drug-likeness (QED) is 0.693. The summed E-state index contributed by atoms with van der Waals surface area (Å²) in [6, 6.07) is 0. The van der Waals surface area contributed by atoms with E-state index in [0.29, 0.717) is 25.2 Å². The van der Waals surface area contributed by atoms with Crippen LogP contribution in [0.3, 0.4) is 0 Å². The molecular formula is C14H24O5. The maximum Gasteiger partial charge on any atom is 0.308 e. The summed E-state index contributed by atoms with van der Waals surface area (Å²) in [5.41, 5.74) is 0. The minimum absolute atomic E-state index is 0.0548. The second-order valence-electron chi connectivity index (χ2n) is 5.95. The zero-order valence-corrected chi connectivity index (χ0v) is 11.6. The van der Waals surface area contributed by atoms with Crippen molar-refractivity contribution >= 4 is 5.97 Å². The molecule has 5 heteroatoms. The molecule has 2 aliphatic rings. The molecule has 2 N–H and O–H groups in total. The van der Waals surface area contributed by atoms with Crippen molar-refractivity contribution in [3.63, 3.8) is 0 Å². The van der Waals surface area contributed by atoms with E-state index in [9.17, 15) is 15.0 Å². The highest BCUT2D eigenvalue weighted by Crippen LogP contribution is 2.46. The molecule has 0 spiro atoms. The van der Waals surface area contributed by atoms with Gasteiger partial charge in [-0.15, -0.1) is 0 Å². The van der Waals surface area contributed by atoms with Gasteiger partial charge in [0.2, 0.25) is 0 Å². The summed E-state index contributed by atoms with van der Waals surface area (Å²) in [6.45, 7) is 1.81. The SMILES string of the molecule is COC1CC(O)CC2CC2C(O)CC(=O)OC(C)C1. The lowest BCUT2D eigenvalue weighted by Crippen LogP contribution is -2.29. The van der Waals surface area contributed by atoms with E-state index in [1.54, 1.807) is 7.11 Å². The standard InChI is InChI=1S/C14H24O5/c1-8-3-11(18-2)6-10(15)4-9-5-12(9)13(16)7-14(17)19-8/h8-13,15-16H,3-7H2,1-2H3. The first-order valence-corrected chi connectivity index (χ1v) is 7.08. The van der Waals surface area contributed by atoms with Crippen molar-refractivity contribution in [1.82, 2.24) is 0 Å². The second-order valence-corrected chi connectivity index (χ2v) is 5.95. The first kappa shape index (κ1) is 14.8. The Labute approximate surface area is 113 Å². The molecule has 2 fully saturated rings. The number of esters is 1. The topological polar surface area (TPSA) is 76.0 Å². The number of fused-ring (bicyclic) bond motifs is 1. The Hall–Kier alpha value is -0.650. The van der Waals surface area contributed by atoms with Crippen LogP contribution in [0.4, 0.5) is 0 Å². The molecule has 1 saturated carbocycles. The molecule has 1 saturated heterocycles. The van der Waals surface area contributed by atoms with Crippen molar-refractivity contribution in [2.24, 2.45) is 11.8 Å². The zero-order valence-electron chi connectivity index (χ0n) is 11.6. The fourth-order valence-electron chi connectivity index (χ4n) is 3.06. The van der Waals surface area contributed by atoms with E-state index in [0.717, 1.165) is 6.42 Å². The molecule has 0 amide bonds. The highest BCUT2D eigenvalue weighted by atomic mass is 16.5. The van der Waals surface area contributed by atoms with Crippen LogP contribution < -0.4 is 0 Å². The number of aliphatic hydroxyl groups is 2. The summed E-state index contributed by atoms with van der Waals surface area (Å²) in [7, 11) is 1.61. The van der Waals surface area contributed by atoms with Gasteiger partial charge in [0.1, 0.15) is 6.10 Å². The van der Waals surface area contributed by atoms with Crippen LogP contribution in [0.1, 0.15) is 39.0 Å². The summed E-state index contributed by atoms with van der Waals surface area (Å²) in [6.07, 6.45) is 1.36. The third-order valence-electron chi connectivity index (χ3n) is 4.22. The van der Waals surface area contributed by atoms with Crippen LogP contribution in [-0.4, -0.2) is 47.7 Å². The number of carbonyl (C=O) groups is 1. The summed E-state index contributed by atoms with van der Waals surface area (Å²) in [5.74, 6) is 0.117. The van der Waals surface area contributed by atoms with Crippen molar-refractivity contribution in [1.29, 1.82) is 0 Å². The van der Waals surface area contributed by atoms with E-state index >= 15 is 0 Å². The number of methoxy groups -OCH3 is 1. The van der Waals surface area contributed by atoms with Crippen LogP contribution in [0.5, 0.6) is 0 Å². The molecule has 19 heavy (non-hydrogen) atoms. The number of carbonyl (C=O) groups excluding carboxylic acids is 1. The molecule has 0 aromatic heterocycles. The van der Waals surface area contributed by atoms with Gasteiger partial charge in [-0.3, -0.25) is 4.79 Å². The Morgan fingerprint density at radius 2 is 1.95 bits per heavy atom. The van der Waals surface area contributed by atoms with Crippen LogP contribution in [0.25, 0.3) is 0 Å². The van der Waals surface area contributed by atoms with Gasteiger partial charge in [0, 0.05) is 13.5 Å². The second kappa shape index (κ2) is 6.20. The molecular weight excluding hydrogens is 248 g/mol. The Bertz CT molecular complexity index is 319. The lowest BCUT2D eigenvalue weighted by Gasteiger charge is -2.24. The first-order valence-electron chi connectivity index (χ1n) is 7.08. The average molecular weight is 272 g/mol. The number of hydrogen-bond acceptors (Lipinski definition) is 5. The van der Waals surface area contributed by atoms with Crippen molar-refractivity contribution in [3.05, 3.63) is 0 Å². The molecule has 1 heterocycles. The highest BCUT2D eigenvalue weighted by molar-refractivity contribution is 5.70. The van der Waals surface area contributed by atoms with Gasteiger partial charge in [-0.25, -0.2) is 0 Å². The van der Waals surface area contributed by atoms with Gasteiger partial charge in [0.05, 0.1) is 24.7 Å². The molecule has 0 aromatic rings. The Morgan fingerprint density at radius 3 is 2.63 bits per heavy atom. The number of rotatable bonds is 1. The van der Waals surface area contributed by atoms with E-state index in [1.165, 1.54) is 0 Å². The predicted octanol–water partition coefficient (Wildman–Crippen LogP) is 0.865. The minimum atomic E-state index is -0.630. The van der Waals surface area contributed by atoms with Gasteiger partial charge in [0.25, 0.3) is 0 Å². The third kappa shape index (κ3) is 4.16. The van der Waals surface area contributed by atoms with E-state index in [1.807, 2.05) is 6.92 Å². The number of hydrogen-bond donors (Lipinski definition) is 2. The van der Waals surface area contributed by atoms with Gasteiger partial charge in [-0.1, -0.05) is 0 Å². The van der Waals surface area contributed by atoms with Crippen molar-refractivity contribution < 1.29 is 24.5 Å². The largest absolute Gasteiger partial charge is 0.462 e. The predicted molar refractivity (Wildman–Crippen MR) is 68.4 cm³/mol. The summed E-state index contributed by atoms with van der Waals surface area (Å²) in [5, 5.41) is 20.0. The molecule has 1 aliphatic carbocycles. The third-order valence-corrected chi connectivity index (χ3v) is 4.22. The molecule has 1 aliphatic heterocycles. The fraction of sp³-hybridized carbons (Fsp3) is 0.929. The van der Waals surface area contributed by atoms with E-state index in [-0.39, 0.29) is 30.5 Å². The molecule has 6 unspecified atom stereocenters. The lowest BCUT2D eigenvalue weighted by atomic mass is 9.99. The Kier molecular flexibility index (Phi) is 4.81. The number of aliphatic hydroxyl groups excluding tert-OH is 2. The molecule has 110 valence electrons. The van der Waals surface area contributed by atoms with Gasteiger partial charge in [-0.05, 0) is 38.0 Å². The fourth-order valence-corrected chi connectivity index (χ4v) is 3.06. The summed E-state index contributed by atoms with van der Waals surface area (Å²) in [4.78, 5) is 11.7. The summed E-state index contributed by atoms with van der Waals surface area (Å²) >= 11 is 0. The average Bonchev–Trinajstić information content (AvgIpc) is 3.05. The van der Waals surface area contributed by atoms with Crippen LogP contribution in [-0.2, 0) is 14.3 Å². The van der Waals surface area contributed by atoms with Crippen molar-refractivity contribution in [3.8, 4) is 0 Å². The van der Waals surface area contributed by atoms with Crippen molar-refractivity contribution in [2.75, 3.05) is 7.11 Å². The molecule has 0 radical (unpaired) electrons. The Morgan fingerprint density at radius 1 is 1.21 bits per heavy atom. The van der Waals surface area contributed by atoms with Gasteiger partial charge in [-0.2, -0.15) is 0 Å². The van der Waals surface area contributed by atoms with Gasteiger partial charge < -0.3 is 19.7 Å². The lowest BCUT2D eigenvalue weighted by molar-refractivity contribution is -0.152. The summed E-state index contributed by atoms with van der Waals surface area (Å²) < 4.78 is 10.6.